The SMILES string of the molecule is Cc1ccc(COc2ccc(C(=O)NN=Cc3c[nH]c4ccccc34)cc2)cc1. The predicted molar refractivity (Wildman–Crippen MR) is 115 cm³/mol. The number of hydrogen-bond donors (Lipinski definition) is 2. The summed E-state index contributed by atoms with van der Waals surface area (Å²) in [4.78, 5) is 15.5. The number of rotatable bonds is 6. The second-order valence-corrected chi connectivity index (χ2v) is 6.79. The monoisotopic (exact) mass is 383 g/mol. The van der Waals surface area contributed by atoms with Crippen molar-refractivity contribution >= 4 is 23.0 Å². The number of carbonyl (C=O) groups excluding carboxylic acids is 1. The first kappa shape index (κ1) is 18.5. The van der Waals surface area contributed by atoms with Crippen LogP contribution >= 0.6 is 0 Å². The topological polar surface area (TPSA) is 66.5 Å². The zero-order chi connectivity index (χ0) is 20.1. The van der Waals surface area contributed by atoms with Crippen molar-refractivity contribution < 1.29 is 9.53 Å². The van der Waals surface area contributed by atoms with Crippen LogP contribution in [-0.4, -0.2) is 17.1 Å². The number of benzene rings is 3. The number of fused-ring (bicyclic) bond motifs is 1. The van der Waals surface area contributed by atoms with Crippen molar-refractivity contribution in [3.05, 3.63) is 101 Å². The van der Waals surface area contributed by atoms with Gasteiger partial charge in [-0.1, -0.05) is 48.0 Å². The van der Waals surface area contributed by atoms with E-state index >= 15 is 0 Å². The number of aromatic nitrogens is 1. The van der Waals surface area contributed by atoms with Crippen molar-refractivity contribution in [3.8, 4) is 5.75 Å². The lowest BCUT2D eigenvalue weighted by atomic mass is 10.2. The van der Waals surface area contributed by atoms with Crippen LogP contribution < -0.4 is 10.2 Å². The molecule has 1 amide bonds. The summed E-state index contributed by atoms with van der Waals surface area (Å²) in [5.74, 6) is 0.440. The molecule has 29 heavy (non-hydrogen) atoms. The Morgan fingerprint density at radius 3 is 2.59 bits per heavy atom. The zero-order valence-electron chi connectivity index (χ0n) is 16.1. The first-order valence-electron chi connectivity index (χ1n) is 9.37. The summed E-state index contributed by atoms with van der Waals surface area (Å²) in [7, 11) is 0. The van der Waals surface area contributed by atoms with Gasteiger partial charge in [-0.05, 0) is 42.8 Å². The van der Waals surface area contributed by atoms with Gasteiger partial charge in [0.15, 0.2) is 0 Å². The number of H-pyrrole nitrogens is 1. The molecule has 1 aromatic heterocycles. The van der Waals surface area contributed by atoms with E-state index in [2.05, 4.69) is 34.6 Å². The number of hydrogen-bond acceptors (Lipinski definition) is 3. The van der Waals surface area contributed by atoms with Gasteiger partial charge in [0.05, 0.1) is 6.21 Å². The van der Waals surface area contributed by atoms with Crippen LogP contribution in [0.4, 0.5) is 0 Å². The van der Waals surface area contributed by atoms with Crippen molar-refractivity contribution in [2.45, 2.75) is 13.5 Å². The minimum Gasteiger partial charge on any atom is -0.489 e. The second-order valence-electron chi connectivity index (χ2n) is 6.79. The maximum absolute atomic E-state index is 12.3. The molecule has 0 aliphatic rings. The smallest absolute Gasteiger partial charge is 0.271 e. The molecular weight excluding hydrogens is 362 g/mol. The number of aromatic amines is 1. The Morgan fingerprint density at radius 2 is 1.79 bits per heavy atom. The molecule has 3 aromatic carbocycles. The minimum absolute atomic E-state index is 0.272. The van der Waals surface area contributed by atoms with E-state index in [1.165, 1.54) is 5.56 Å². The van der Waals surface area contributed by atoms with E-state index in [9.17, 15) is 4.79 Å². The molecule has 144 valence electrons. The highest BCUT2D eigenvalue weighted by Crippen LogP contribution is 2.16. The summed E-state index contributed by atoms with van der Waals surface area (Å²) in [5, 5.41) is 5.13. The average molecular weight is 383 g/mol. The quantitative estimate of drug-likeness (QED) is 0.370. The largest absolute Gasteiger partial charge is 0.489 e. The lowest BCUT2D eigenvalue weighted by molar-refractivity contribution is 0.0955. The number of nitrogens with zero attached hydrogens (tertiary/aromatic N) is 1. The Balaban J connectivity index is 1.33. The van der Waals surface area contributed by atoms with Gasteiger partial charge in [0, 0.05) is 28.2 Å². The number of carbonyl (C=O) groups is 1. The molecule has 4 rings (SSSR count). The summed E-state index contributed by atoms with van der Waals surface area (Å²) in [6.45, 7) is 2.54. The fourth-order valence-electron chi connectivity index (χ4n) is 2.98. The summed E-state index contributed by atoms with van der Waals surface area (Å²) in [6, 6.07) is 23.2. The van der Waals surface area contributed by atoms with Crippen LogP contribution in [0.5, 0.6) is 5.75 Å². The van der Waals surface area contributed by atoms with Crippen molar-refractivity contribution in [1.82, 2.24) is 10.4 Å². The molecule has 5 heteroatoms. The Bertz CT molecular complexity index is 1140. The molecule has 0 aliphatic heterocycles. The van der Waals surface area contributed by atoms with Crippen molar-refractivity contribution in [2.24, 2.45) is 5.10 Å². The number of nitrogens with one attached hydrogen (secondary N) is 2. The Kier molecular flexibility index (Phi) is 5.38. The number of aryl methyl sites for hydroxylation is 1. The number of para-hydroxylation sites is 1. The highest BCUT2D eigenvalue weighted by atomic mass is 16.5. The van der Waals surface area contributed by atoms with Crippen LogP contribution in [-0.2, 0) is 6.61 Å². The fourth-order valence-corrected chi connectivity index (χ4v) is 2.98. The number of amides is 1. The second kappa shape index (κ2) is 8.44. The first-order valence-corrected chi connectivity index (χ1v) is 9.37. The van der Waals surface area contributed by atoms with Crippen LogP contribution in [0.15, 0.2) is 84.1 Å². The highest BCUT2D eigenvalue weighted by molar-refractivity contribution is 6.00. The molecule has 4 aromatic rings. The van der Waals surface area contributed by atoms with Gasteiger partial charge < -0.3 is 9.72 Å². The standard InChI is InChI=1S/C24H21N3O2/c1-17-6-8-18(9-7-17)16-29-21-12-10-19(11-13-21)24(28)27-26-15-20-14-25-23-5-3-2-4-22(20)23/h2-15,25H,16H2,1H3,(H,27,28). The van der Waals surface area contributed by atoms with E-state index in [4.69, 9.17) is 4.74 Å². The van der Waals surface area contributed by atoms with E-state index < -0.39 is 0 Å². The summed E-state index contributed by atoms with van der Waals surface area (Å²) >= 11 is 0. The Morgan fingerprint density at radius 1 is 1.03 bits per heavy atom. The van der Waals surface area contributed by atoms with Gasteiger partial charge in [-0.25, -0.2) is 5.43 Å². The third-order valence-corrected chi connectivity index (χ3v) is 4.63. The molecular formula is C24H21N3O2. The third kappa shape index (κ3) is 4.52. The Labute approximate surface area is 169 Å². The van der Waals surface area contributed by atoms with E-state index in [0.29, 0.717) is 17.9 Å². The van der Waals surface area contributed by atoms with Crippen LogP contribution in [0.1, 0.15) is 27.0 Å². The molecule has 0 fully saturated rings. The van der Waals surface area contributed by atoms with Crippen LogP contribution in [0, 0.1) is 6.92 Å². The third-order valence-electron chi connectivity index (χ3n) is 4.63. The summed E-state index contributed by atoms with van der Waals surface area (Å²) < 4.78 is 5.77. The zero-order valence-corrected chi connectivity index (χ0v) is 16.1. The van der Waals surface area contributed by atoms with E-state index in [0.717, 1.165) is 22.0 Å². The summed E-state index contributed by atoms with van der Waals surface area (Å²) in [5.41, 5.74) is 7.34. The summed E-state index contributed by atoms with van der Waals surface area (Å²) in [6.07, 6.45) is 3.50. The first-order chi connectivity index (χ1) is 14.2. The highest BCUT2D eigenvalue weighted by Gasteiger charge is 2.05. The minimum atomic E-state index is -0.272. The fraction of sp³-hybridized carbons (Fsp3) is 0.0833. The van der Waals surface area contributed by atoms with Crippen LogP contribution in [0.25, 0.3) is 10.9 Å². The molecule has 0 saturated carbocycles. The van der Waals surface area contributed by atoms with Crippen molar-refractivity contribution in [2.75, 3.05) is 0 Å². The van der Waals surface area contributed by atoms with Gasteiger partial charge in [0.25, 0.3) is 5.91 Å². The van der Waals surface area contributed by atoms with Gasteiger partial charge in [-0.15, -0.1) is 0 Å². The van der Waals surface area contributed by atoms with Crippen molar-refractivity contribution in [1.29, 1.82) is 0 Å². The molecule has 0 saturated heterocycles. The molecule has 1 heterocycles. The maximum Gasteiger partial charge on any atom is 0.271 e. The maximum atomic E-state index is 12.3. The molecule has 0 spiro atoms. The molecule has 0 atom stereocenters. The molecule has 0 radical (unpaired) electrons. The van der Waals surface area contributed by atoms with Gasteiger partial charge in [-0.2, -0.15) is 5.10 Å². The molecule has 0 bridgehead atoms. The Hall–Kier alpha value is -3.86. The van der Waals surface area contributed by atoms with E-state index in [1.807, 2.05) is 42.6 Å². The molecule has 0 aliphatic carbocycles. The van der Waals surface area contributed by atoms with Gasteiger partial charge in [-0.3, -0.25) is 4.79 Å². The molecule has 2 N–H and O–H groups in total. The number of hydrazone groups is 1. The van der Waals surface area contributed by atoms with Gasteiger partial charge >= 0.3 is 0 Å². The lowest BCUT2D eigenvalue weighted by Crippen LogP contribution is -2.17. The predicted octanol–water partition coefficient (Wildman–Crippen LogP) is 4.82. The van der Waals surface area contributed by atoms with E-state index in [1.54, 1.807) is 30.5 Å². The molecule has 5 nitrogen and oxygen atoms in total. The van der Waals surface area contributed by atoms with E-state index in [-0.39, 0.29) is 5.91 Å². The average Bonchev–Trinajstić information content (AvgIpc) is 3.17. The van der Waals surface area contributed by atoms with Crippen LogP contribution in [0.3, 0.4) is 0 Å². The van der Waals surface area contributed by atoms with Gasteiger partial charge in [0.2, 0.25) is 0 Å². The lowest BCUT2D eigenvalue weighted by Gasteiger charge is -2.07. The molecule has 0 unspecified atom stereocenters. The van der Waals surface area contributed by atoms with Crippen LogP contribution in [0.2, 0.25) is 0 Å². The van der Waals surface area contributed by atoms with Crippen molar-refractivity contribution in [3.63, 3.8) is 0 Å². The normalized spacial score (nSPS) is 11.1. The van der Waals surface area contributed by atoms with Gasteiger partial charge in [0.1, 0.15) is 12.4 Å². The number of ether oxygens (including phenoxy) is 1.